The maximum atomic E-state index is 12.1. The molecule has 108 valence electrons. The molecular weight excluding hydrogens is 264 g/mol. The lowest BCUT2D eigenvalue weighted by Crippen LogP contribution is -2.35. The zero-order chi connectivity index (χ0) is 15.3. The molecule has 0 saturated heterocycles. The highest BCUT2D eigenvalue weighted by Crippen LogP contribution is 2.14. The van der Waals surface area contributed by atoms with Crippen LogP contribution < -0.4 is 11.5 Å². The largest absolute Gasteiger partial charge is 0.481 e. The van der Waals surface area contributed by atoms with Crippen LogP contribution in [0.5, 0.6) is 0 Å². The van der Waals surface area contributed by atoms with E-state index in [0.717, 1.165) is 0 Å². The van der Waals surface area contributed by atoms with Crippen molar-refractivity contribution in [1.82, 2.24) is 0 Å². The van der Waals surface area contributed by atoms with Crippen LogP contribution in [0.25, 0.3) is 0 Å². The van der Waals surface area contributed by atoms with Crippen LogP contribution in [0.2, 0.25) is 0 Å². The molecule has 7 nitrogen and oxygen atoms in total. The van der Waals surface area contributed by atoms with Gasteiger partial charge in [-0.1, -0.05) is 24.3 Å². The number of benzene rings is 1. The number of nitrogens with two attached hydrogens (primary N) is 2. The van der Waals surface area contributed by atoms with Gasteiger partial charge in [0.05, 0.1) is 12.5 Å². The standard InChI is InChI=1S/C13H16N2O5/c14-9(6-11(16)17)12(18)8-4-2-1-3-7(8)5-10(15)13(19)20/h1-4,9-10H,5-6,14-15H2,(H,16,17)(H,19,20). The molecule has 1 aromatic carbocycles. The van der Waals surface area contributed by atoms with Crippen molar-refractivity contribution in [2.75, 3.05) is 0 Å². The van der Waals surface area contributed by atoms with Gasteiger partial charge in [-0.3, -0.25) is 14.4 Å². The zero-order valence-corrected chi connectivity index (χ0v) is 10.7. The summed E-state index contributed by atoms with van der Waals surface area (Å²) in [5.41, 5.74) is 11.6. The molecule has 7 heteroatoms. The van der Waals surface area contributed by atoms with Crippen molar-refractivity contribution in [1.29, 1.82) is 0 Å². The van der Waals surface area contributed by atoms with Gasteiger partial charge in [-0.2, -0.15) is 0 Å². The summed E-state index contributed by atoms with van der Waals surface area (Å²) in [7, 11) is 0. The van der Waals surface area contributed by atoms with Crippen molar-refractivity contribution < 1.29 is 24.6 Å². The number of carboxylic acid groups (broad SMARTS) is 2. The first kappa shape index (κ1) is 15.8. The minimum Gasteiger partial charge on any atom is -0.481 e. The van der Waals surface area contributed by atoms with Crippen molar-refractivity contribution >= 4 is 17.7 Å². The number of hydrogen-bond acceptors (Lipinski definition) is 5. The molecule has 0 aliphatic rings. The van der Waals surface area contributed by atoms with Gasteiger partial charge in [0.25, 0.3) is 0 Å². The van der Waals surface area contributed by atoms with E-state index < -0.39 is 36.2 Å². The van der Waals surface area contributed by atoms with Crippen LogP contribution in [0.3, 0.4) is 0 Å². The van der Waals surface area contributed by atoms with E-state index in [1.54, 1.807) is 18.2 Å². The Morgan fingerprint density at radius 1 is 1.05 bits per heavy atom. The maximum absolute atomic E-state index is 12.1. The summed E-state index contributed by atoms with van der Waals surface area (Å²) >= 11 is 0. The first-order chi connectivity index (χ1) is 9.32. The van der Waals surface area contributed by atoms with Gasteiger partial charge >= 0.3 is 11.9 Å². The third-order valence-electron chi connectivity index (χ3n) is 2.77. The predicted octanol–water partition coefficient (Wildman–Crippen LogP) is -0.374. The summed E-state index contributed by atoms with van der Waals surface area (Å²) < 4.78 is 0. The van der Waals surface area contributed by atoms with Crippen LogP contribution in [0.15, 0.2) is 24.3 Å². The molecule has 0 aliphatic heterocycles. The smallest absolute Gasteiger partial charge is 0.320 e. The van der Waals surface area contributed by atoms with Crippen LogP contribution in [0.1, 0.15) is 22.3 Å². The van der Waals surface area contributed by atoms with Gasteiger partial charge in [-0.05, 0) is 12.0 Å². The van der Waals surface area contributed by atoms with Crippen LogP contribution in [-0.2, 0) is 16.0 Å². The molecule has 1 rings (SSSR count). The molecule has 0 bridgehead atoms. The van der Waals surface area contributed by atoms with E-state index in [-0.39, 0.29) is 12.0 Å². The second-order valence-corrected chi connectivity index (χ2v) is 4.37. The van der Waals surface area contributed by atoms with Crippen molar-refractivity contribution in [3.8, 4) is 0 Å². The van der Waals surface area contributed by atoms with Crippen LogP contribution in [0, 0.1) is 0 Å². The van der Waals surface area contributed by atoms with Gasteiger partial charge in [0.15, 0.2) is 5.78 Å². The third kappa shape index (κ3) is 4.15. The maximum Gasteiger partial charge on any atom is 0.320 e. The van der Waals surface area contributed by atoms with Crippen molar-refractivity contribution in [2.24, 2.45) is 11.5 Å². The first-order valence-electron chi connectivity index (χ1n) is 5.90. The predicted molar refractivity (Wildman–Crippen MR) is 70.3 cm³/mol. The molecule has 0 spiro atoms. The molecule has 0 aliphatic carbocycles. The molecule has 6 N–H and O–H groups in total. The topological polar surface area (TPSA) is 144 Å². The van der Waals surface area contributed by atoms with E-state index in [9.17, 15) is 14.4 Å². The Morgan fingerprint density at radius 3 is 2.20 bits per heavy atom. The van der Waals surface area contributed by atoms with Gasteiger partial charge < -0.3 is 21.7 Å². The average Bonchev–Trinajstić information content (AvgIpc) is 2.37. The zero-order valence-electron chi connectivity index (χ0n) is 10.7. The highest BCUT2D eigenvalue weighted by molar-refractivity contribution is 6.02. The summed E-state index contributed by atoms with van der Waals surface area (Å²) in [6.07, 6.45) is -0.519. The highest BCUT2D eigenvalue weighted by Gasteiger charge is 2.22. The lowest BCUT2D eigenvalue weighted by Gasteiger charge is -2.14. The summed E-state index contributed by atoms with van der Waals surface area (Å²) in [5.74, 6) is -2.90. The van der Waals surface area contributed by atoms with Gasteiger partial charge in [0.1, 0.15) is 6.04 Å². The Balaban J connectivity index is 2.97. The fourth-order valence-electron chi connectivity index (χ4n) is 1.74. The van der Waals surface area contributed by atoms with Gasteiger partial charge in [0, 0.05) is 5.56 Å². The van der Waals surface area contributed by atoms with E-state index >= 15 is 0 Å². The average molecular weight is 280 g/mol. The number of aliphatic carboxylic acids is 2. The molecule has 0 radical (unpaired) electrons. The molecule has 0 heterocycles. The SMILES string of the molecule is NC(Cc1ccccc1C(=O)C(N)CC(=O)O)C(=O)O. The van der Waals surface area contributed by atoms with E-state index in [1.807, 2.05) is 0 Å². The van der Waals surface area contributed by atoms with Gasteiger partial charge in [-0.15, -0.1) is 0 Å². The van der Waals surface area contributed by atoms with Gasteiger partial charge in [0.2, 0.25) is 0 Å². The summed E-state index contributed by atoms with van der Waals surface area (Å²) in [4.78, 5) is 33.4. The number of hydrogen-bond donors (Lipinski definition) is 4. The van der Waals surface area contributed by atoms with Crippen LogP contribution in [-0.4, -0.2) is 40.0 Å². The minimum absolute atomic E-state index is 0.0307. The fourth-order valence-corrected chi connectivity index (χ4v) is 1.74. The van der Waals surface area contributed by atoms with E-state index in [1.165, 1.54) is 6.07 Å². The Hall–Kier alpha value is -2.25. The highest BCUT2D eigenvalue weighted by atomic mass is 16.4. The lowest BCUT2D eigenvalue weighted by molar-refractivity contribution is -0.139. The van der Waals surface area contributed by atoms with Gasteiger partial charge in [-0.25, -0.2) is 0 Å². The van der Waals surface area contributed by atoms with Crippen LogP contribution >= 0.6 is 0 Å². The quantitative estimate of drug-likeness (QED) is 0.498. The van der Waals surface area contributed by atoms with Crippen molar-refractivity contribution in [3.63, 3.8) is 0 Å². The summed E-state index contributed by atoms with van der Waals surface area (Å²) in [6, 6.07) is 3.98. The Labute approximate surface area is 115 Å². The normalized spacial score (nSPS) is 13.5. The number of carboxylic acids is 2. The lowest BCUT2D eigenvalue weighted by atomic mass is 9.94. The Morgan fingerprint density at radius 2 is 1.65 bits per heavy atom. The Bertz CT molecular complexity index is 529. The molecular formula is C13H16N2O5. The second kappa shape index (κ2) is 6.78. The number of ketones is 1. The molecule has 20 heavy (non-hydrogen) atoms. The number of carbonyl (C=O) groups excluding carboxylic acids is 1. The fraction of sp³-hybridized carbons (Fsp3) is 0.308. The molecule has 1 aromatic rings. The molecule has 0 saturated carbocycles. The van der Waals surface area contributed by atoms with E-state index in [2.05, 4.69) is 0 Å². The van der Waals surface area contributed by atoms with E-state index in [0.29, 0.717) is 5.56 Å². The van der Waals surface area contributed by atoms with Crippen LogP contribution in [0.4, 0.5) is 0 Å². The second-order valence-electron chi connectivity index (χ2n) is 4.37. The van der Waals surface area contributed by atoms with Crippen molar-refractivity contribution in [2.45, 2.75) is 24.9 Å². The molecule has 0 fully saturated rings. The molecule has 2 atom stereocenters. The molecule has 0 aromatic heterocycles. The number of Topliss-reactive ketones (excluding diaryl/α,β-unsaturated/α-hetero) is 1. The first-order valence-corrected chi connectivity index (χ1v) is 5.90. The minimum atomic E-state index is -1.18. The van der Waals surface area contributed by atoms with E-state index in [4.69, 9.17) is 21.7 Å². The molecule has 0 amide bonds. The monoisotopic (exact) mass is 280 g/mol. The van der Waals surface area contributed by atoms with Crippen molar-refractivity contribution in [3.05, 3.63) is 35.4 Å². The molecule has 2 unspecified atom stereocenters. The third-order valence-corrected chi connectivity index (χ3v) is 2.77. The summed E-state index contributed by atoms with van der Waals surface area (Å²) in [6.45, 7) is 0. The number of rotatable bonds is 7. The number of carbonyl (C=O) groups is 3. The summed E-state index contributed by atoms with van der Waals surface area (Å²) in [5, 5.41) is 17.4. The Kier molecular flexibility index (Phi) is 5.36.